The molecule has 0 aromatic heterocycles. The van der Waals surface area contributed by atoms with Crippen LogP contribution in [0.1, 0.15) is 32.3 Å². The quantitative estimate of drug-likeness (QED) is 0.615. The van der Waals surface area contributed by atoms with Crippen molar-refractivity contribution in [3.05, 3.63) is 53.1 Å². The molecule has 0 heterocycles. The SMILES string of the molecule is CCCC(=Cc1ccccc1)/C=C(\C)C(=O)O. The number of carbonyl (C=O) groups is 1. The molecule has 90 valence electrons. The number of aliphatic carboxylic acids is 1. The molecule has 0 aliphatic rings. The van der Waals surface area contributed by atoms with Gasteiger partial charge < -0.3 is 5.11 Å². The zero-order valence-electron chi connectivity index (χ0n) is 10.3. The molecule has 0 spiro atoms. The average molecular weight is 230 g/mol. The van der Waals surface area contributed by atoms with Crippen LogP contribution in [0.4, 0.5) is 0 Å². The first-order valence-electron chi connectivity index (χ1n) is 5.80. The van der Waals surface area contributed by atoms with Gasteiger partial charge >= 0.3 is 5.97 Å². The lowest BCUT2D eigenvalue weighted by Crippen LogP contribution is -1.96. The molecule has 0 amide bonds. The maximum atomic E-state index is 10.8. The van der Waals surface area contributed by atoms with E-state index in [2.05, 4.69) is 6.92 Å². The molecule has 2 heteroatoms. The van der Waals surface area contributed by atoms with Crippen molar-refractivity contribution < 1.29 is 9.90 Å². The minimum atomic E-state index is -0.861. The summed E-state index contributed by atoms with van der Waals surface area (Å²) in [7, 11) is 0. The smallest absolute Gasteiger partial charge is 0.331 e. The molecule has 1 aromatic carbocycles. The second kappa shape index (κ2) is 6.69. The Balaban J connectivity index is 2.97. The summed E-state index contributed by atoms with van der Waals surface area (Å²) in [6.07, 6.45) is 5.68. The number of benzene rings is 1. The van der Waals surface area contributed by atoms with Crippen LogP contribution in [0, 0.1) is 0 Å². The van der Waals surface area contributed by atoms with E-state index in [9.17, 15) is 4.79 Å². The Kier molecular flexibility index (Phi) is 5.21. The van der Waals surface area contributed by atoms with E-state index in [1.807, 2.05) is 36.4 Å². The molecular weight excluding hydrogens is 212 g/mol. The monoisotopic (exact) mass is 230 g/mol. The summed E-state index contributed by atoms with van der Waals surface area (Å²) in [5, 5.41) is 8.87. The van der Waals surface area contributed by atoms with Gasteiger partial charge in [0.05, 0.1) is 0 Å². The first-order valence-corrected chi connectivity index (χ1v) is 5.80. The van der Waals surface area contributed by atoms with Crippen molar-refractivity contribution in [2.45, 2.75) is 26.7 Å². The van der Waals surface area contributed by atoms with Crippen LogP contribution in [-0.2, 0) is 4.79 Å². The molecule has 0 unspecified atom stereocenters. The van der Waals surface area contributed by atoms with Crippen LogP contribution >= 0.6 is 0 Å². The van der Waals surface area contributed by atoms with E-state index >= 15 is 0 Å². The molecule has 0 radical (unpaired) electrons. The second-order valence-corrected chi connectivity index (χ2v) is 4.01. The summed E-state index contributed by atoms with van der Waals surface area (Å²) in [5.74, 6) is -0.861. The highest BCUT2D eigenvalue weighted by Crippen LogP contribution is 2.14. The van der Waals surface area contributed by atoms with E-state index in [-0.39, 0.29) is 0 Å². The van der Waals surface area contributed by atoms with Gasteiger partial charge in [0.25, 0.3) is 0 Å². The standard InChI is InChI=1S/C15H18O2/c1-3-7-14(10-12(2)15(16)17)11-13-8-5-4-6-9-13/h4-6,8-11H,3,7H2,1-2H3,(H,16,17)/b12-10+,14-11?. The molecule has 0 fully saturated rings. The van der Waals surface area contributed by atoms with Crippen LogP contribution in [0.3, 0.4) is 0 Å². The largest absolute Gasteiger partial charge is 0.478 e. The molecule has 0 aliphatic carbocycles. The molecule has 2 nitrogen and oxygen atoms in total. The van der Waals surface area contributed by atoms with Gasteiger partial charge in [-0.1, -0.05) is 49.8 Å². The van der Waals surface area contributed by atoms with Crippen molar-refractivity contribution in [3.8, 4) is 0 Å². The Hall–Kier alpha value is -1.83. The van der Waals surface area contributed by atoms with Crippen molar-refractivity contribution in [1.82, 2.24) is 0 Å². The molecular formula is C15H18O2. The van der Waals surface area contributed by atoms with E-state index in [4.69, 9.17) is 5.11 Å². The van der Waals surface area contributed by atoms with E-state index in [0.29, 0.717) is 5.57 Å². The van der Waals surface area contributed by atoms with Crippen LogP contribution in [0.2, 0.25) is 0 Å². The van der Waals surface area contributed by atoms with Gasteiger partial charge in [0.2, 0.25) is 0 Å². The summed E-state index contributed by atoms with van der Waals surface area (Å²) in [6.45, 7) is 3.71. The van der Waals surface area contributed by atoms with Gasteiger partial charge in [-0.15, -0.1) is 0 Å². The highest BCUT2D eigenvalue weighted by Gasteiger charge is 2.01. The minimum Gasteiger partial charge on any atom is -0.478 e. The molecule has 0 atom stereocenters. The predicted molar refractivity (Wildman–Crippen MR) is 70.7 cm³/mol. The molecule has 0 bridgehead atoms. The third-order valence-electron chi connectivity index (χ3n) is 2.43. The molecule has 1 rings (SSSR count). The van der Waals surface area contributed by atoms with E-state index < -0.39 is 5.97 Å². The lowest BCUT2D eigenvalue weighted by molar-refractivity contribution is -0.132. The van der Waals surface area contributed by atoms with Crippen molar-refractivity contribution in [3.63, 3.8) is 0 Å². The van der Waals surface area contributed by atoms with Crippen LogP contribution in [-0.4, -0.2) is 11.1 Å². The third-order valence-corrected chi connectivity index (χ3v) is 2.43. The van der Waals surface area contributed by atoms with Gasteiger partial charge in [0, 0.05) is 5.57 Å². The number of rotatable bonds is 5. The number of allylic oxidation sites excluding steroid dienone is 2. The molecule has 0 saturated heterocycles. The zero-order valence-corrected chi connectivity index (χ0v) is 10.3. The average Bonchev–Trinajstić information content (AvgIpc) is 2.30. The van der Waals surface area contributed by atoms with Crippen LogP contribution in [0.15, 0.2) is 47.6 Å². The normalized spacial score (nSPS) is 12.6. The van der Waals surface area contributed by atoms with Crippen LogP contribution in [0.25, 0.3) is 6.08 Å². The van der Waals surface area contributed by atoms with Gasteiger partial charge in [0.15, 0.2) is 0 Å². The lowest BCUT2D eigenvalue weighted by atomic mass is 10.0. The van der Waals surface area contributed by atoms with Gasteiger partial charge in [-0.25, -0.2) is 4.79 Å². The second-order valence-electron chi connectivity index (χ2n) is 4.01. The van der Waals surface area contributed by atoms with E-state index in [1.54, 1.807) is 13.0 Å². The Morgan fingerprint density at radius 2 is 1.94 bits per heavy atom. The van der Waals surface area contributed by atoms with Crippen LogP contribution < -0.4 is 0 Å². The maximum Gasteiger partial charge on any atom is 0.331 e. The molecule has 0 aliphatic heterocycles. The molecule has 1 aromatic rings. The summed E-state index contributed by atoms with van der Waals surface area (Å²) in [5.41, 5.74) is 2.53. The van der Waals surface area contributed by atoms with Crippen molar-refractivity contribution in [1.29, 1.82) is 0 Å². The van der Waals surface area contributed by atoms with Crippen molar-refractivity contribution in [2.75, 3.05) is 0 Å². The highest BCUT2D eigenvalue weighted by atomic mass is 16.4. The number of hydrogen-bond acceptors (Lipinski definition) is 1. The van der Waals surface area contributed by atoms with Crippen LogP contribution in [0.5, 0.6) is 0 Å². The van der Waals surface area contributed by atoms with Crippen molar-refractivity contribution in [2.24, 2.45) is 0 Å². The minimum absolute atomic E-state index is 0.376. The van der Waals surface area contributed by atoms with E-state index in [1.165, 1.54) is 0 Å². The summed E-state index contributed by atoms with van der Waals surface area (Å²) >= 11 is 0. The third kappa shape index (κ3) is 4.68. The molecule has 17 heavy (non-hydrogen) atoms. The first kappa shape index (κ1) is 13.2. The predicted octanol–water partition coefficient (Wildman–Crippen LogP) is 3.90. The Morgan fingerprint density at radius 3 is 2.47 bits per heavy atom. The fraction of sp³-hybridized carbons (Fsp3) is 0.267. The van der Waals surface area contributed by atoms with E-state index in [0.717, 1.165) is 24.0 Å². The Bertz CT molecular complexity index is 427. The lowest BCUT2D eigenvalue weighted by Gasteiger charge is -2.02. The fourth-order valence-electron chi connectivity index (χ4n) is 1.58. The van der Waals surface area contributed by atoms with Crippen molar-refractivity contribution >= 4 is 12.0 Å². The number of hydrogen-bond donors (Lipinski definition) is 1. The van der Waals surface area contributed by atoms with Gasteiger partial charge in [-0.2, -0.15) is 0 Å². The zero-order chi connectivity index (χ0) is 12.7. The summed E-state index contributed by atoms with van der Waals surface area (Å²) in [4.78, 5) is 10.8. The number of carboxylic acids is 1. The molecule has 0 saturated carbocycles. The fourth-order valence-corrected chi connectivity index (χ4v) is 1.58. The highest BCUT2D eigenvalue weighted by molar-refractivity contribution is 5.86. The van der Waals surface area contributed by atoms with Gasteiger partial charge in [-0.3, -0.25) is 0 Å². The Morgan fingerprint density at radius 1 is 1.29 bits per heavy atom. The topological polar surface area (TPSA) is 37.3 Å². The number of carboxylic acid groups (broad SMARTS) is 1. The molecule has 1 N–H and O–H groups in total. The summed E-state index contributed by atoms with van der Waals surface area (Å²) in [6, 6.07) is 9.95. The van der Waals surface area contributed by atoms with Gasteiger partial charge in [0.1, 0.15) is 0 Å². The first-order chi connectivity index (χ1) is 8.13. The summed E-state index contributed by atoms with van der Waals surface area (Å²) < 4.78 is 0. The Labute approximate surface area is 102 Å². The van der Waals surface area contributed by atoms with Gasteiger partial charge in [-0.05, 0) is 30.6 Å². The maximum absolute atomic E-state index is 10.8.